The van der Waals surface area contributed by atoms with Gasteiger partial charge >= 0.3 is 6.18 Å². The molecule has 3 aromatic rings. The van der Waals surface area contributed by atoms with Gasteiger partial charge in [-0.25, -0.2) is 18.4 Å². The molecule has 9 nitrogen and oxygen atoms in total. The van der Waals surface area contributed by atoms with Crippen molar-refractivity contribution in [1.82, 2.24) is 14.5 Å². The number of benzene rings is 1. The van der Waals surface area contributed by atoms with Gasteiger partial charge in [-0.2, -0.15) is 18.4 Å². The SMILES string of the molecule is C[Si](C)(C)CCOCn1cc(-c2nc(NC3CCC3CS(=O)(=O)[O-])ncc2C(F)(F)F)c2ccc(C#N)cc21. The van der Waals surface area contributed by atoms with Gasteiger partial charge in [0.1, 0.15) is 12.3 Å². The molecule has 0 bridgehead atoms. The molecule has 1 saturated carbocycles. The maximum absolute atomic E-state index is 14.1. The van der Waals surface area contributed by atoms with Crippen LogP contribution in [0.5, 0.6) is 0 Å². The van der Waals surface area contributed by atoms with Gasteiger partial charge in [0.25, 0.3) is 0 Å². The lowest BCUT2D eigenvalue weighted by Gasteiger charge is -2.37. The number of fused-ring (bicyclic) bond motifs is 1. The van der Waals surface area contributed by atoms with Crippen LogP contribution in [0, 0.1) is 17.2 Å². The van der Waals surface area contributed by atoms with Crippen LogP contribution >= 0.6 is 0 Å². The third kappa shape index (κ3) is 7.16. The second kappa shape index (κ2) is 10.9. The smallest absolute Gasteiger partial charge is 0.419 e. The van der Waals surface area contributed by atoms with Crippen LogP contribution in [0.3, 0.4) is 0 Å². The molecule has 0 spiro atoms. The van der Waals surface area contributed by atoms with E-state index in [4.69, 9.17) is 4.74 Å². The molecule has 2 atom stereocenters. The molecule has 14 heteroatoms. The van der Waals surface area contributed by atoms with Gasteiger partial charge in [0.15, 0.2) is 0 Å². The van der Waals surface area contributed by atoms with Crippen molar-refractivity contribution in [3.05, 3.63) is 41.7 Å². The first-order chi connectivity index (χ1) is 18.1. The van der Waals surface area contributed by atoms with Crippen molar-refractivity contribution in [1.29, 1.82) is 5.26 Å². The monoisotopic (exact) mass is 580 g/mol. The molecule has 2 aromatic heterocycles. The Balaban J connectivity index is 1.73. The largest absolute Gasteiger partial charge is 0.748 e. The third-order valence-electron chi connectivity index (χ3n) is 6.74. The first kappa shape index (κ1) is 29.0. The van der Waals surface area contributed by atoms with Gasteiger partial charge < -0.3 is 19.2 Å². The molecular formula is C25H29F3N5O4SSi-. The lowest BCUT2D eigenvalue weighted by Crippen LogP contribution is -2.42. The van der Waals surface area contributed by atoms with Gasteiger partial charge in [-0.3, -0.25) is 0 Å². The van der Waals surface area contributed by atoms with Gasteiger partial charge in [0.05, 0.1) is 33.0 Å². The van der Waals surface area contributed by atoms with E-state index in [2.05, 4.69) is 41.0 Å². The van der Waals surface area contributed by atoms with Crippen molar-refractivity contribution in [3.8, 4) is 17.3 Å². The molecule has 0 saturated heterocycles. The summed E-state index contributed by atoms with van der Waals surface area (Å²) in [6.45, 7) is 7.22. The fourth-order valence-electron chi connectivity index (χ4n) is 4.45. The molecule has 4 rings (SSSR count). The fraction of sp³-hybridized carbons (Fsp3) is 0.480. The van der Waals surface area contributed by atoms with E-state index in [1.54, 1.807) is 16.7 Å². The molecule has 1 aliphatic rings. The number of nitrogens with zero attached hydrogens (tertiary/aromatic N) is 4. The number of halogens is 3. The van der Waals surface area contributed by atoms with E-state index in [0.717, 1.165) is 6.04 Å². The Kier molecular flexibility index (Phi) is 8.09. The summed E-state index contributed by atoms with van der Waals surface area (Å²) in [4.78, 5) is 8.05. The van der Waals surface area contributed by atoms with Crippen molar-refractivity contribution in [2.75, 3.05) is 17.7 Å². The maximum Gasteiger partial charge on any atom is 0.419 e. The highest BCUT2D eigenvalue weighted by Crippen LogP contribution is 2.40. The Bertz CT molecular complexity index is 1510. The fourth-order valence-corrected chi connectivity index (χ4v) is 6.13. The van der Waals surface area contributed by atoms with Crippen LogP contribution < -0.4 is 5.32 Å². The van der Waals surface area contributed by atoms with E-state index >= 15 is 0 Å². The molecule has 1 aromatic carbocycles. The summed E-state index contributed by atoms with van der Waals surface area (Å²) in [7, 11) is -5.80. The second-order valence-corrected chi connectivity index (χ2v) is 18.0. The number of rotatable bonds is 10. The van der Waals surface area contributed by atoms with Gasteiger partial charge in [0, 0.05) is 49.8 Å². The van der Waals surface area contributed by atoms with E-state index in [1.807, 2.05) is 0 Å². The summed E-state index contributed by atoms with van der Waals surface area (Å²) in [5.74, 6) is -1.14. The summed E-state index contributed by atoms with van der Waals surface area (Å²) in [5, 5.41) is 12.7. The van der Waals surface area contributed by atoms with Crippen molar-refractivity contribution in [2.45, 2.75) is 57.5 Å². The van der Waals surface area contributed by atoms with Crippen LogP contribution in [-0.2, 0) is 27.8 Å². The summed E-state index contributed by atoms with van der Waals surface area (Å²) in [5.41, 5.74) is -0.335. The standard InChI is InChI=1S/C25H30F3N5O4SSi/c1-39(2,3)9-8-37-15-33-13-19(18-6-4-16(11-29)10-22(18)33)23-20(25(26,27)28)12-30-24(32-23)31-21-7-5-17(21)14-38(34,35)36/h4,6,10,12-13,17,21H,5,7-9,14-15H2,1-3H3,(H,30,31,32)(H,34,35,36)/p-1. The predicted octanol–water partition coefficient (Wildman–Crippen LogP) is 5.04. The molecule has 1 aliphatic carbocycles. The highest BCUT2D eigenvalue weighted by atomic mass is 32.2. The maximum atomic E-state index is 14.1. The number of nitriles is 1. The number of anilines is 1. The van der Waals surface area contributed by atoms with Gasteiger partial charge in [0.2, 0.25) is 5.95 Å². The van der Waals surface area contributed by atoms with Crippen molar-refractivity contribution < 1.29 is 30.9 Å². The number of hydrogen-bond donors (Lipinski definition) is 1. The van der Waals surface area contributed by atoms with E-state index < -0.39 is 47.6 Å². The van der Waals surface area contributed by atoms with Crippen LogP contribution in [0.2, 0.25) is 25.7 Å². The molecule has 0 aliphatic heterocycles. The lowest BCUT2D eigenvalue weighted by molar-refractivity contribution is -0.137. The normalized spacial score (nSPS) is 18.1. The number of alkyl halides is 3. The summed E-state index contributed by atoms with van der Waals surface area (Å²) in [6, 6.07) is 7.22. The van der Waals surface area contributed by atoms with E-state index in [0.29, 0.717) is 42.1 Å². The molecule has 1 fully saturated rings. The summed E-state index contributed by atoms with van der Waals surface area (Å²) < 4.78 is 83.2. The average molecular weight is 581 g/mol. The van der Waals surface area contributed by atoms with Crippen LogP contribution in [0.15, 0.2) is 30.6 Å². The predicted molar refractivity (Wildman–Crippen MR) is 141 cm³/mol. The molecule has 2 unspecified atom stereocenters. The van der Waals surface area contributed by atoms with Crippen molar-refractivity contribution in [3.63, 3.8) is 0 Å². The minimum atomic E-state index is -4.75. The number of aromatic nitrogens is 3. The molecule has 2 heterocycles. The zero-order valence-corrected chi connectivity index (χ0v) is 23.6. The van der Waals surface area contributed by atoms with Crippen molar-refractivity contribution >= 4 is 35.0 Å². The first-order valence-corrected chi connectivity index (χ1v) is 17.7. The average Bonchev–Trinajstić information content (AvgIpc) is 3.19. The quantitative estimate of drug-likeness (QED) is 0.200. The Labute approximate surface area is 225 Å². The third-order valence-corrected chi connectivity index (χ3v) is 9.28. The van der Waals surface area contributed by atoms with E-state index in [-0.39, 0.29) is 23.9 Å². The summed E-state index contributed by atoms with van der Waals surface area (Å²) in [6.07, 6.45) is -1.50. The Morgan fingerprint density at radius 2 is 2.03 bits per heavy atom. The second-order valence-electron chi connectivity index (χ2n) is 11.0. The molecule has 210 valence electrons. The zero-order valence-electron chi connectivity index (χ0n) is 21.7. The topological polar surface area (TPSA) is 133 Å². The van der Waals surface area contributed by atoms with Crippen LogP contribution in [-0.4, -0.2) is 54.0 Å². The van der Waals surface area contributed by atoms with Gasteiger partial charge in [-0.05, 0) is 36.9 Å². The van der Waals surface area contributed by atoms with Crippen LogP contribution in [0.4, 0.5) is 19.1 Å². The molecule has 39 heavy (non-hydrogen) atoms. The van der Waals surface area contributed by atoms with Gasteiger partial charge in [-0.1, -0.05) is 25.7 Å². The zero-order chi connectivity index (χ0) is 28.6. The number of ether oxygens (including phenoxy) is 1. The summed E-state index contributed by atoms with van der Waals surface area (Å²) >= 11 is 0. The lowest BCUT2D eigenvalue weighted by atomic mass is 9.81. The van der Waals surface area contributed by atoms with E-state index in [1.165, 1.54) is 12.3 Å². The van der Waals surface area contributed by atoms with Crippen LogP contribution in [0.1, 0.15) is 24.0 Å². The molecule has 0 amide bonds. The first-order valence-electron chi connectivity index (χ1n) is 12.4. The van der Waals surface area contributed by atoms with Crippen molar-refractivity contribution in [2.24, 2.45) is 5.92 Å². The highest BCUT2D eigenvalue weighted by Gasteiger charge is 2.37. The number of hydrogen-bond acceptors (Lipinski definition) is 8. The van der Waals surface area contributed by atoms with Crippen LogP contribution in [0.25, 0.3) is 22.2 Å². The number of nitrogens with one attached hydrogen (secondary N) is 1. The molecule has 1 N–H and O–H groups in total. The van der Waals surface area contributed by atoms with E-state index in [9.17, 15) is 31.4 Å². The minimum absolute atomic E-state index is 0.0842. The molecule has 0 radical (unpaired) electrons. The van der Waals surface area contributed by atoms with Gasteiger partial charge in [-0.15, -0.1) is 0 Å². The Morgan fingerprint density at radius 1 is 1.28 bits per heavy atom. The highest BCUT2D eigenvalue weighted by molar-refractivity contribution is 7.85. The molecular weight excluding hydrogens is 551 g/mol. The Hall–Kier alpha value is -2.99. The Morgan fingerprint density at radius 3 is 2.62 bits per heavy atom. The minimum Gasteiger partial charge on any atom is -0.748 e.